The molecule has 43 heavy (non-hydrogen) atoms. The molecule has 3 aromatic rings. The first-order valence-corrected chi connectivity index (χ1v) is 15.0. The van der Waals surface area contributed by atoms with Gasteiger partial charge in [-0.25, -0.2) is 4.39 Å². The monoisotopic (exact) mass is 596 g/mol. The van der Waals surface area contributed by atoms with Gasteiger partial charge in [-0.2, -0.15) is 5.26 Å². The second-order valence-corrected chi connectivity index (χ2v) is 13.2. The number of rotatable bonds is 6. The minimum absolute atomic E-state index is 0.00186. The number of nitrogens with zero attached hydrogens (tertiary/aromatic N) is 3. The number of nitrogens with two attached hydrogens (primary N) is 1. The molecule has 3 aromatic carbocycles. The van der Waals surface area contributed by atoms with E-state index in [1.54, 1.807) is 11.8 Å². The van der Waals surface area contributed by atoms with Crippen LogP contribution in [0.5, 0.6) is 0 Å². The molecule has 1 atom stereocenters. The van der Waals surface area contributed by atoms with Crippen molar-refractivity contribution >= 4 is 28.9 Å². The Morgan fingerprint density at radius 3 is 2.44 bits per heavy atom. The van der Waals surface area contributed by atoms with E-state index in [-0.39, 0.29) is 29.3 Å². The van der Waals surface area contributed by atoms with Gasteiger partial charge in [-0.05, 0) is 79.1 Å². The highest BCUT2D eigenvalue weighted by atomic mass is 32.2. The number of nitro groups is 1. The number of anilines is 1. The zero-order chi connectivity index (χ0) is 31.2. The van der Waals surface area contributed by atoms with Crippen molar-refractivity contribution in [2.24, 2.45) is 11.1 Å². The lowest BCUT2D eigenvalue weighted by atomic mass is 9.68. The lowest BCUT2D eigenvalue weighted by Gasteiger charge is -2.43. The molecule has 0 saturated heterocycles. The van der Waals surface area contributed by atoms with Crippen LogP contribution in [0.25, 0.3) is 0 Å². The molecule has 1 heterocycles. The lowest BCUT2D eigenvalue weighted by molar-refractivity contribution is -0.384. The predicted molar refractivity (Wildman–Crippen MR) is 167 cm³/mol. The van der Waals surface area contributed by atoms with Crippen LogP contribution >= 0.6 is 11.8 Å². The van der Waals surface area contributed by atoms with Crippen LogP contribution in [0.4, 0.5) is 15.8 Å². The number of hydrogen-bond donors (Lipinski definition) is 1. The fourth-order valence-electron chi connectivity index (χ4n) is 6.11. The lowest BCUT2D eigenvalue weighted by Crippen LogP contribution is -2.42. The Labute approximate surface area is 255 Å². The van der Waals surface area contributed by atoms with Gasteiger partial charge < -0.3 is 5.73 Å². The molecule has 2 N–H and O–H groups in total. The predicted octanol–water partition coefficient (Wildman–Crippen LogP) is 7.89. The summed E-state index contributed by atoms with van der Waals surface area (Å²) in [5, 5.41) is 22.5. The zero-order valence-electron chi connectivity index (χ0n) is 24.8. The molecule has 0 fully saturated rings. The average Bonchev–Trinajstić information content (AvgIpc) is 2.93. The van der Waals surface area contributed by atoms with E-state index in [1.807, 2.05) is 34.6 Å². The van der Waals surface area contributed by atoms with Crippen LogP contribution in [0, 0.1) is 53.4 Å². The summed E-state index contributed by atoms with van der Waals surface area (Å²) in [6.07, 6.45) is 0.640. The quantitative estimate of drug-likeness (QED) is 0.175. The largest absolute Gasteiger partial charge is 0.384 e. The fourth-order valence-corrected chi connectivity index (χ4v) is 7.07. The zero-order valence-corrected chi connectivity index (χ0v) is 25.6. The maximum absolute atomic E-state index is 14.1. The first kappa shape index (κ1) is 30.1. The van der Waals surface area contributed by atoms with Crippen LogP contribution in [0.3, 0.4) is 0 Å². The standard InChI is InChI=1S/C34H33FN4O3S/c1-19-6-9-24(10-7-19)43-18-22-13-25(21(3)12-20(22)2)31-26(17-36)33(37)38(27-11-8-23(35)14-28(27)39(41)42)29-15-34(4,5)16-30(40)32(29)31/h6-14,31H,15-16,18,37H2,1-5H3. The summed E-state index contributed by atoms with van der Waals surface area (Å²) in [7, 11) is 0. The molecule has 1 aliphatic carbocycles. The van der Waals surface area contributed by atoms with Crippen LogP contribution in [0.2, 0.25) is 0 Å². The first-order chi connectivity index (χ1) is 20.3. The number of carbonyl (C=O) groups excluding carboxylic acids is 1. The second-order valence-electron chi connectivity index (χ2n) is 12.1. The van der Waals surface area contributed by atoms with Crippen molar-refractivity contribution < 1.29 is 14.1 Å². The molecule has 9 heteroatoms. The van der Waals surface area contributed by atoms with Gasteiger partial charge in [0.1, 0.15) is 17.3 Å². The van der Waals surface area contributed by atoms with Gasteiger partial charge in [0.05, 0.1) is 28.5 Å². The van der Waals surface area contributed by atoms with E-state index >= 15 is 0 Å². The minimum Gasteiger partial charge on any atom is -0.384 e. The van der Waals surface area contributed by atoms with Gasteiger partial charge in [0, 0.05) is 28.3 Å². The Morgan fingerprint density at radius 2 is 1.79 bits per heavy atom. The number of Topliss-reactive ketones (excluding diaryl/α,β-unsaturated/α-hetero) is 1. The number of aryl methyl sites for hydroxylation is 3. The highest BCUT2D eigenvalue weighted by Gasteiger charge is 2.46. The summed E-state index contributed by atoms with van der Waals surface area (Å²) in [6, 6.07) is 17.9. The van der Waals surface area contributed by atoms with Crippen LogP contribution < -0.4 is 10.6 Å². The van der Waals surface area contributed by atoms with Crippen molar-refractivity contribution in [1.29, 1.82) is 5.26 Å². The molecule has 1 unspecified atom stereocenters. The fraction of sp³-hybridized carbons (Fsp3) is 0.294. The number of carbonyl (C=O) groups is 1. The molecule has 5 rings (SSSR count). The van der Waals surface area contributed by atoms with E-state index in [1.165, 1.54) is 16.5 Å². The summed E-state index contributed by atoms with van der Waals surface area (Å²) in [5.41, 5.74) is 11.9. The molecule has 0 spiro atoms. The summed E-state index contributed by atoms with van der Waals surface area (Å²) in [6.45, 7) is 9.97. The second kappa shape index (κ2) is 11.3. The molecular weight excluding hydrogens is 563 g/mol. The number of ketones is 1. The molecule has 220 valence electrons. The molecule has 0 aromatic heterocycles. The van der Waals surface area contributed by atoms with E-state index in [0.717, 1.165) is 39.3 Å². The van der Waals surface area contributed by atoms with Crippen molar-refractivity contribution in [3.63, 3.8) is 0 Å². The van der Waals surface area contributed by atoms with Gasteiger partial charge in [-0.3, -0.25) is 19.8 Å². The summed E-state index contributed by atoms with van der Waals surface area (Å²) in [5.74, 6) is -0.947. The minimum atomic E-state index is -0.769. The van der Waals surface area contributed by atoms with Crippen LogP contribution in [0.15, 0.2) is 82.2 Å². The molecule has 1 aliphatic heterocycles. The Hall–Kier alpha value is -4.42. The van der Waals surface area contributed by atoms with Crippen molar-refractivity contribution in [3.8, 4) is 6.07 Å². The highest BCUT2D eigenvalue weighted by molar-refractivity contribution is 7.98. The SMILES string of the molecule is Cc1ccc(SCc2cc(C3C(C#N)=C(N)N(c4ccc(F)cc4[N+](=O)[O-])C4=C3C(=O)CC(C)(C)C4)c(C)cc2C)cc1. The highest BCUT2D eigenvalue weighted by Crippen LogP contribution is 2.52. The van der Waals surface area contributed by atoms with Crippen molar-refractivity contribution in [3.05, 3.63) is 121 Å². The number of benzene rings is 3. The molecule has 0 saturated carbocycles. The van der Waals surface area contributed by atoms with Gasteiger partial charge >= 0.3 is 0 Å². The first-order valence-electron chi connectivity index (χ1n) is 14.0. The van der Waals surface area contributed by atoms with E-state index in [4.69, 9.17) is 5.73 Å². The van der Waals surface area contributed by atoms with Crippen LogP contribution in [-0.2, 0) is 10.5 Å². The molecule has 0 amide bonds. The Balaban J connectivity index is 1.70. The number of nitro benzene ring substituents is 1. The van der Waals surface area contributed by atoms with Crippen molar-refractivity contribution in [2.45, 2.75) is 64.0 Å². The van der Waals surface area contributed by atoms with Gasteiger partial charge in [0.15, 0.2) is 5.78 Å². The smallest absolute Gasteiger partial charge is 0.296 e. The Bertz CT molecular complexity index is 1770. The van der Waals surface area contributed by atoms with Crippen molar-refractivity contribution in [1.82, 2.24) is 0 Å². The number of hydrogen-bond acceptors (Lipinski definition) is 7. The van der Waals surface area contributed by atoms with E-state index in [2.05, 4.69) is 42.5 Å². The van der Waals surface area contributed by atoms with Crippen molar-refractivity contribution in [2.75, 3.05) is 4.90 Å². The third-order valence-electron chi connectivity index (χ3n) is 8.21. The van der Waals surface area contributed by atoms with E-state index < -0.39 is 27.8 Å². The van der Waals surface area contributed by atoms with E-state index in [9.17, 15) is 24.6 Å². The van der Waals surface area contributed by atoms with Crippen LogP contribution in [0.1, 0.15) is 60.4 Å². The molecular formula is C34H33FN4O3S. The average molecular weight is 597 g/mol. The third kappa shape index (κ3) is 5.67. The van der Waals surface area contributed by atoms with Crippen LogP contribution in [-0.4, -0.2) is 10.7 Å². The third-order valence-corrected chi connectivity index (χ3v) is 9.27. The number of allylic oxidation sites excluding steroid dienone is 3. The number of thioether (sulfide) groups is 1. The van der Waals surface area contributed by atoms with Gasteiger partial charge in [-0.15, -0.1) is 11.8 Å². The van der Waals surface area contributed by atoms with Gasteiger partial charge in [0.2, 0.25) is 0 Å². The summed E-state index contributed by atoms with van der Waals surface area (Å²) in [4.78, 5) is 27.9. The molecule has 0 radical (unpaired) electrons. The molecule has 2 aliphatic rings. The summed E-state index contributed by atoms with van der Waals surface area (Å²) < 4.78 is 14.1. The number of halogens is 1. The Morgan fingerprint density at radius 1 is 1.09 bits per heavy atom. The number of nitriles is 1. The summed E-state index contributed by atoms with van der Waals surface area (Å²) >= 11 is 1.71. The normalized spacial score (nSPS) is 18.0. The topological polar surface area (TPSA) is 113 Å². The van der Waals surface area contributed by atoms with Gasteiger partial charge in [-0.1, -0.05) is 43.7 Å². The molecule has 0 bridgehead atoms. The maximum Gasteiger partial charge on any atom is 0.296 e. The van der Waals surface area contributed by atoms with E-state index in [0.29, 0.717) is 23.4 Å². The maximum atomic E-state index is 14.1. The molecule has 7 nitrogen and oxygen atoms in total. The van der Waals surface area contributed by atoms with Gasteiger partial charge in [0.25, 0.3) is 5.69 Å². The Kier molecular flexibility index (Phi) is 7.93.